The van der Waals surface area contributed by atoms with Crippen LogP contribution in [0.15, 0.2) is 91.0 Å². The van der Waals surface area contributed by atoms with Gasteiger partial charge in [0.2, 0.25) is 65.0 Å². The molecule has 0 saturated heterocycles. The summed E-state index contributed by atoms with van der Waals surface area (Å²) in [5, 5.41) is 46.4. The summed E-state index contributed by atoms with van der Waals surface area (Å²) in [5.74, 6) is -13.5. The maximum atomic E-state index is 14.5. The van der Waals surface area contributed by atoms with Gasteiger partial charge < -0.3 is 85.9 Å². The molecular weight excluding hydrogens is 1370 g/mol. The van der Waals surface area contributed by atoms with Crippen LogP contribution in [-0.4, -0.2) is 192 Å². The maximum Gasteiger partial charge on any atom is 0.490 e. The van der Waals surface area contributed by atoms with Gasteiger partial charge in [-0.1, -0.05) is 146 Å². The molecule has 0 fully saturated rings. The molecule has 0 spiro atoms. The Morgan fingerprint density at radius 2 is 0.718 bits per heavy atom. The molecule has 0 aromatic heterocycles. The van der Waals surface area contributed by atoms with E-state index in [1.165, 1.54) is 11.8 Å². The zero-order valence-corrected chi connectivity index (χ0v) is 60.6. The van der Waals surface area contributed by atoms with Crippen LogP contribution in [0.1, 0.15) is 117 Å². The molecule has 0 aliphatic rings. The van der Waals surface area contributed by atoms with Crippen LogP contribution >= 0.6 is 11.8 Å². The van der Waals surface area contributed by atoms with E-state index in [0.29, 0.717) is 54.7 Å². The highest BCUT2D eigenvalue weighted by Gasteiger charge is 2.39. The number of carbonyl (C=O) groups is 13. The SMILES string of the molecule is CSCC[C@H](NC(=O)[C@@H](NC(=O)[C@H](CCCCN)NC(=O)[C@H](Cc1ccccc1)NC(=O)CNC(=O)[C@@H](NC(=O)CNC(=O)[C@H](Cc1ccccc1)NC(=O)[C@H](CCCCN)NC(=O)[C@@H](N)C(C)C)C(C)C)C(C)C)C(=O)N[C@H](C(=O)N[C@@H](Cc1ccccc1)C(=O)O)C(C)C.O=C(O)C(F)(F)F. The Labute approximate surface area is 603 Å². The predicted molar refractivity (Wildman–Crippen MR) is 381 cm³/mol. The predicted octanol–water partition coefficient (Wildman–Crippen LogP) is 0.990. The molecule has 0 aliphatic heterocycles. The van der Waals surface area contributed by atoms with E-state index < -0.39 is 174 Å². The van der Waals surface area contributed by atoms with E-state index in [1.807, 2.05) is 0 Å². The average molecular weight is 1470 g/mol. The number of unbranched alkanes of at least 4 members (excludes halogenated alkanes) is 2. The minimum Gasteiger partial charge on any atom is -0.480 e. The molecule has 0 unspecified atom stereocenters. The third kappa shape index (κ3) is 34.5. The van der Waals surface area contributed by atoms with Crippen LogP contribution in [0, 0.1) is 23.7 Å². The molecule has 572 valence electrons. The number of carbonyl (C=O) groups excluding carboxylic acids is 11. The van der Waals surface area contributed by atoms with E-state index >= 15 is 0 Å². The number of nitrogens with two attached hydrogens (primary N) is 3. The molecule has 3 rings (SSSR count). The van der Waals surface area contributed by atoms with Gasteiger partial charge in [-0.3, -0.25) is 52.7 Å². The van der Waals surface area contributed by atoms with Crippen molar-refractivity contribution in [2.45, 2.75) is 186 Å². The van der Waals surface area contributed by atoms with Crippen molar-refractivity contribution in [1.29, 1.82) is 0 Å². The molecule has 11 amide bonds. The zero-order valence-electron chi connectivity index (χ0n) is 59.8. The summed E-state index contributed by atoms with van der Waals surface area (Å²) in [7, 11) is 0. The standard InChI is InChI=1S/C68H104N14O13S.C2HF3O2/c1-40(2)55(71)64(90)76-47(29-19-21-32-69)60(86)78-50(35-44-23-13-10-14-24-44)59(85)72-39-54(84)80-56(41(3)4)65(91)73-38-53(83)74-51(36-45-25-15-11-16-26-45)63(89)75-48(30-20-22-33-70)61(87)81-57(42(5)6)66(92)77-49(31-34-96-9)62(88)82-58(43(7)8)67(93)79-52(68(94)95)37-46-27-17-12-18-28-46;3-2(4,5)1(6)7/h10-18,23-28,40-43,47-52,55-58H,19-22,29-39,69-71H2,1-9H3,(H,72,85)(H,73,91)(H,74,83)(H,75,89)(H,76,90)(H,77,92)(H,78,86)(H,79,93)(H,80,84)(H,81,87)(H,82,88)(H,94,95);(H,6,7)/t47-,48-,49-,50-,51-,52-,55-,56-,57-,58-;/m0./s1. The Balaban J connectivity index is 0.00000487. The highest BCUT2D eigenvalue weighted by atomic mass is 32.2. The molecule has 0 bridgehead atoms. The van der Waals surface area contributed by atoms with Gasteiger partial charge in [-0.15, -0.1) is 0 Å². The number of carboxylic acids is 2. The molecule has 3 aromatic rings. The molecule has 103 heavy (non-hydrogen) atoms. The van der Waals surface area contributed by atoms with E-state index in [4.69, 9.17) is 27.1 Å². The summed E-state index contributed by atoms with van der Waals surface area (Å²) in [5.41, 5.74) is 19.6. The van der Waals surface area contributed by atoms with Crippen LogP contribution in [0.4, 0.5) is 13.2 Å². The third-order valence-electron chi connectivity index (χ3n) is 16.0. The van der Waals surface area contributed by atoms with Crippen molar-refractivity contribution in [1.82, 2.24) is 58.5 Å². The molecule has 3 aromatic carbocycles. The summed E-state index contributed by atoms with van der Waals surface area (Å²) in [6, 6.07) is 14.2. The fraction of sp³-hybridized carbons (Fsp3) is 0.557. The fourth-order valence-electron chi connectivity index (χ4n) is 9.98. The minimum absolute atomic E-state index is 0.0114. The quantitative estimate of drug-likeness (QED) is 0.0351. The van der Waals surface area contributed by atoms with Gasteiger partial charge >= 0.3 is 18.1 Å². The number of amides is 11. The average Bonchev–Trinajstić information content (AvgIpc) is 0.864. The number of thioether (sulfide) groups is 1. The van der Waals surface area contributed by atoms with E-state index in [9.17, 15) is 75.8 Å². The van der Waals surface area contributed by atoms with E-state index in [-0.39, 0.29) is 51.0 Å². The van der Waals surface area contributed by atoms with Gasteiger partial charge in [0.15, 0.2) is 0 Å². The van der Waals surface area contributed by atoms with Crippen molar-refractivity contribution in [3.05, 3.63) is 108 Å². The lowest BCUT2D eigenvalue weighted by Gasteiger charge is -2.29. The Hall–Kier alpha value is -9.21. The van der Waals surface area contributed by atoms with Crippen LogP contribution in [0.3, 0.4) is 0 Å². The monoisotopic (exact) mass is 1470 g/mol. The van der Waals surface area contributed by atoms with Crippen molar-refractivity contribution in [2.75, 3.05) is 38.2 Å². The summed E-state index contributed by atoms with van der Waals surface area (Å²) in [6.45, 7) is 12.8. The summed E-state index contributed by atoms with van der Waals surface area (Å²) in [4.78, 5) is 174. The minimum atomic E-state index is -5.08. The second-order valence-corrected chi connectivity index (χ2v) is 26.9. The van der Waals surface area contributed by atoms with Crippen LogP contribution in [0.2, 0.25) is 0 Å². The Kier molecular flexibility index (Phi) is 41.1. The molecule has 0 radical (unpaired) electrons. The lowest BCUT2D eigenvalue weighted by atomic mass is 9.99. The van der Waals surface area contributed by atoms with Gasteiger partial charge in [-0.2, -0.15) is 24.9 Å². The number of alkyl halides is 3. The number of benzene rings is 3. The van der Waals surface area contributed by atoms with Crippen molar-refractivity contribution in [3.63, 3.8) is 0 Å². The number of rotatable bonds is 44. The lowest BCUT2D eigenvalue weighted by Crippen LogP contribution is -2.61. The topological polar surface area (TPSA) is 473 Å². The number of halogens is 3. The van der Waals surface area contributed by atoms with E-state index in [1.54, 1.807) is 153 Å². The van der Waals surface area contributed by atoms with Crippen LogP contribution in [-0.2, 0) is 81.6 Å². The number of hydrogen-bond acceptors (Lipinski definition) is 17. The van der Waals surface area contributed by atoms with Gasteiger partial charge in [-0.05, 0) is 110 Å². The van der Waals surface area contributed by atoms with Crippen LogP contribution in [0.25, 0.3) is 0 Å². The largest absolute Gasteiger partial charge is 0.490 e. The van der Waals surface area contributed by atoms with Crippen molar-refractivity contribution in [3.8, 4) is 0 Å². The molecule has 0 saturated carbocycles. The van der Waals surface area contributed by atoms with Gasteiger partial charge in [0.1, 0.15) is 54.4 Å². The van der Waals surface area contributed by atoms with Gasteiger partial charge in [0.05, 0.1) is 19.1 Å². The highest BCUT2D eigenvalue weighted by molar-refractivity contribution is 7.98. The molecule has 29 nitrogen and oxygen atoms in total. The second-order valence-electron chi connectivity index (χ2n) is 25.9. The number of hydrogen-bond donors (Lipinski definition) is 16. The van der Waals surface area contributed by atoms with Gasteiger partial charge in [0, 0.05) is 19.3 Å². The Bertz CT molecular complexity index is 3210. The third-order valence-corrected chi connectivity index (χ3v) is 16.7. The maximum absolute atomic E-state index is 14.5. The fourth-order valence-corrected chi connectivity index (χ4v) is 10.5. The van der Waals surface area contributed by atoms with Crippen LogP contribution < -0.4 is 75.7 Å². The zero-order chi connectivity index (χ0) is 77.5. The molecular formula is C70H105F3N14O15S. The highest BCUT2D eigenvalue weighted by Crippen LogP contribution is 2.16. The first-order valence-corrected chi connectivity index (χ1v) is 35.5. The number of carboxylic acid groups (broad SMARTS) is 2. The smallest absolute Gasteiger partial charge is 0.480 e. The first-order valence-electron chi connectivity index (χ1n) is 34.1. The first-order chi connectivity index (χ1) is 48.5. The summed E-state index contributed by atoms with van der Waals surface area (Å²) in [6.07, 6.45) is -1.09. The van der Waals surface area contributed by atoms with E-state index in [0.717, 1.165) is 0 Å². The molecule has 19 N–H and O–H groups in total. The number of nitrogens with one attached hydrogen (secondary N) is 11. The normalized spacial score (nSPS) is 14.2. The molecule has 33 heteroatoms. The van der Waals surface area contributed by atoms with E-state index in [2.05, 4.69) is 58.5 Å². The van der Waals surface area contributed by atoms with Crippen molar-refractivity contribution >= 4 is 88.7 Å². The van der Waals surface area contributed by atoms with Crippen molar-refractivity contribution < 1.29 is 85.7 Å². The first kappa shape index (κ1) is 89.9. The van der Waals surface area contributed by atoms with Crippen LogP contribution in [0.5, 0.6) is 0 Å². The van der Waals surface area contributed by atoms with Crippen molar-refractivity contribution in [2.24, 2.45) is 40.9 Å². The summed E-state index contributed by atoms with van der Waals surface area (Å²) < 4.78 is 31.7. The molecule has 0 aliphatic carbocycles. The molecule has 0 heterocycles. The Morgan fingerprint density at radius 3 is 1.10 bits per heavy atom. The summed E-state index contributed by atoms with van der Waals surface area (Å²) >= 11 is 1.40. The number of aliphatic carboxylic acids is 2. The lowest BCUT2D eigenvalue weighted by molar-refractivity contribution is -0.192. The second kappa shape index (κ2) is 47.1. The molecule has 10 atom stereocenters. The van der Waals surface area contributed by atoms with Gasteiger partial charge in [0.25, 0.3) is 0 Å². The Morgan fingerprint density at radius 1 is 0.398 bits per heavy atom. The van der Waals surface area contributed by atoms with Gasteiger partial charge in [-0.25, -0.2) is 9.59 Å².